The van der Waals surface area contributed by atoms with Crippen molar-refractivity contribution in [2.75, 3.05) is 0 Å². The SMILES string of the molecule is O.O.O.O.O.O.O.[Ti].[Ti].[Ti].[Ti].[Ti].[Ti].[Ti]. The van der Waals surface area contributed by atoms with Crippen molar-refractivity contribution < 1.29 is 190 Å². The number of hydrogen-bond donors (Lipinski definition) is 0. The van der Waals surface area contributed by atoms with Crippen LogP contribution in [0.5, 0.6) is 0 Å². The minimum absolute atomic E-state index is 0. The molecule has 14 N–H and O–H groups in total. The summed E-state index contributed by atoms with van der Waals surface area (Å²) in [5.41, 5.74) is 0. The van der Waals surface area contributed by atoms with Gasteiger partial charge in [-0.25, -0.2) is 0 Å². The molecule has 0 atom stereocenters. The molecular weight excluding hydrogens is 447 g/mol. The molecular formula is H14O7Ti7. The van der Waals surface area contributed by atoms with Gasteiger partial charge in [0.1, 0.15) is 0 Å². The van der Waals surface area contributed by atoms with E-state index in [1.54, 1.807) is 0 Å². The summed E-state index contributed by atoms with van der Waals surface area (Å²) in [6.45, 7) is 0. The predicted molar refractivity (Wildman–Crippen MR) is 25.3 cm³/mol. The second-order valence-corrected chi connectivity index (χ2v) is 0. The van der Waals surface area contributed by atoms with E-state index in [2.05, 4.69) is 0 Å². The Morgan fingerprint density at radius 1 is 0.143 bits per heavy atom. The van der Waals surface area contributed by atoms with Crippen molar-refractivity contribution in [1.82, 2.24) is 0 Å². The van der Waals surface area contributed by atoms with Crippen LogP contribution >= 0.6 is 0 Å². The van der Waals surface area contributed by atoms with E-state index in [9.17, 15) is 0 Å². The van der Waals surface area contributed by atoms with Crippen LogP contribution in [-0.2, 0) is 152 Å². The molecule has 0 bridgehead atoms. The fraction of sp³-hybridized carbons (Fsp3) is 0. The quantitative estimate of drug-likeness (QED) is 0.308. The Bertz CT molecular complexity index is 14.0. The zero-order chi connectivity index (χ0) is 0. The Balaban J connectivity index is 0. The summed E-state index contributed by atoms with van der Waals surface area (Å²) >= 11 is 0. The Morgan fingerprint density at radius 2 is 0.143 bits per heavy atom. The van der Waals surface area contributed by atoms with Gasteiger partial charge in [-0.3, -0.25) is 0 Å². The average molecular weight is 461 g/mol. The van der Waals surface area contributed by atoms with E-state index in [1.165, 1.54) is 0 Å². The normalized spacial score (nSPS) is 0. The van der Waals surface area contributed by atoms with Gasteiger partial charge in [0.2, 0.25) is 0 Å². The van der Waals surface area contributed by atoms with Gasteiger partial charge in [-0.2, -0.15) is 0 Å². The van der Waals surface area contributed by atoms with Crippen molar-refractivity contribution in [3.63, 3.8) is 0 Å². The zero-order valence-electron chi connectivity index (χ0n) is 7.00. The third-order valence-corrected chi connectivity index (χ3v) is 0. The first kappa shape index (κ1) is 264. The van der Waals surface area contributed by atoms with Crippen LogP contribution in [0, 0.1) is 0 Å². The van der Waals surface area contributed by atoms with Crippen LogP contribution in [-0.4, -0.2) is 38.3 Å². The van der Waals surface area contributed by atoms with Crippen LogP contribution in [0.3, 0.4) is 0 Å². The van der Waals surface area contributed by atoms with Gasteiger partial charge in [-0.05, 0) is 0 Å². The van der Waals surface area contributed by atoms with Gasteiger partial charge in [-0.15, -0.1) is 0 Å². The maximum atomic E-state index is 0. The van der Waals surface area contributed by atoms with Crippen molar-refractivity contribution in [3.05, 3.63) is 0 Å². The van der Waals surface area contributed by atoms with Gasteiger partial charge < -0.3 is 38.3 Å². The molecule has 0 heterocycles. The van der Waals surface area contributed by atoms with Gasteiger partial charge in [0, 0.05) is 152 Å². The number of hydrogen-bond acceptors (Lipinski definition) is 0. The topological polar surface area (TPSA) is 220 Å². The van der Waals surface area contributed by atoms with Crippen LogP contribution in [0.15, 0.2) is 0 Å². The maximum Gasteiger partial charge on any atom is 0 e. The third-order valence-electron chi connectivity index (χ3n) is 0. The van der Waals surface area contributed by atoms with E-state index in [4.69, 9.17) is 0 Å². The Kier molecular flexibility index (Phi) is 4190. The van der Waals surface area contributed by atoms with Crippen molar-refractivity contribution in [1.29, 1.82) is 0 Å². The van der Waals surface area contributed by atoms with Crippen LogP contribution in [0.2, 0.25) is 0 Å². The maximum absolute atomic E-state index is 0. The second kappa shape index (κ2) is 222. The summed E-state index contributed by atoms with van der Waals surface area (Å²) in [5.74, 6) is 0. The van der Waals surface area contributed by atoms with Gasteiger partial charge in [-0.1, -0.05) is 0 Å². The van der Waals surface area contributed by atoms with E-state index >= 15 is 0 Å². The van der Waals surface area contributed by atoms with E-state index in [-0.39, 0.29) is 190 Å². The molecule has 14 heteroatoms. The summed E-state index contributed by atoms with van der Waals surface area (Å²) in [7, 11) is 0. The van der Waals surface area contributed by atoms with E-state index in [0.717, 1.165) is 0 Å². The summed E-state index contributed by atoms with van der Waals surface area (Å²) in [6, 6.07) is 0. The fourth-order valence-corrected chi connectivity index (χ4v) is 0. The molecule has 0 saturated carbocycles. The van der Waals surface area contributed by atoms with Crippen LogP contribution in [0.1, 0.15) is 0 Å². The minimum Gasteiger partial charge on any atom is -0.412 e. The molecule has 0 aliphatic rings. The predicted octanol–water partition coefficient (Wildman–Crippen LogP) is -5.79. The van der Waals surface area contributed by atoms with Crippen LogP contribution < -0.4 is 0 Å². The molecule has 0 saturated heterocycles. The fourth-order valence-electron chi connectivity index (χ4n) is 0. The molecule has 0 fully saturated rings. The molecule has 0 radical (unpaired) electrons. The Morgan fingerprint density at radius 3 is 0.143 bits per heavy atom. The van der Waals surface area contributed by atoms with Crippen LogP contribution in [0.25, 0.3) is 0 Å². The van der Waals surface area contributed by atoms with Crippen molar-refractivity contribution >= 4 is 0 Å². The van der Waals surface area contributed by atoms with Crippen LogP contribution in [0.4, 0.5) is 0 Å². The molecule has 0 aromatic carbocycles. The average Bonchev–Trinajstić information content (AvgIpc) is 0. The Hall–Kier alpha value is 4.72. The monoisotopic (exact) mass is 462 g/mol. The molecule has 7 nitrogen and oxygen atoms in total. The molecule has 84 valence electrons. The van der Waals surface area contributed by atoms with E-state index < -0.39 is 0 Å². The molecule has 0 aromatic rings. The zero-order valence-corrected chi connectivity index (χ0v) is 17.9. The molecule has 0 amide bonds. The summed E-state index contributed by atoms with van der Waals surface area (Å²) in [4.78, 5) is 0. The van der Waals surface area contributed by atoms with E-state index in [0.29, 0.717) is 0 Å². The summed E-state index contributed by atoms with van der Waals surface area (Å²) in [6.07, 6.45) is 0. The van der Waals surface area contributed by atoms with Crippen molar-refractivity contribution in [3.8, 4) is 0 Å². The smallest absolute Gasteiger partial charge is 0 e. The van der Waals surface area contributed by atoms with Crippen molar-refractivity contribution in [2.24, 2.45) is 0 Å². The Labute approximate surface area is 187 Å². The van der Waals surface area contributed by atoms with Gasteiger partial charge in [0.15, 0.2) is 0 Å². The summed E-state index contributed by atoms with van der Waals surface area (Å²) in [5, 5.41) is 0. The molecule has 0 aromatic heterocycles. The van der Waals surface area contributed by atoms with Crippen molar-refractivity contribution in [2.45, 2.75) is 0 Å². The van der Waals surface area contributed by atoms with Gasteiger partial charge >= 0.3 is 0 Å². The van der Waals surface area contributed by atoms with E-state index in [1.807, 2.05) is 0 Å². The van der Waals surface area contributed by atoms with Gasteiger partial charge in [0.05, 0.1) is 0 Å². The largest absolute Gasteiger partial charge is 0.412 e. The number of rotatable bonds is 0. The molecule has 0 aliphatic heterocycles. The first-order valence-corrected chi connectivity index (χ1v) is 0. The molecule has 14 heavy (non-hydrogen) atoms. The first-order chi connectivity index (χ1) is 0. The minimum atomic E-state index is 0. The summed E-state index contributed by atoms with van der Waals surface area (Å²) < 4.78 is 0. The second-order valence-electron chi connectivity index (χ2n) is 0. The molecule has 0 rings (SSSR count). The molecule has 0 spiro atoms. The van der Waals surface area contributed by atoms with Gasteiger partial charge in [0.25, 0.3) is 0 Å². The third kappa shape index (κ3) is 185. The standard InChI is InChI=1S/7H2O.7Ti/h7*1H2;;;;;;;. The molecule has 0 aliphatic carbocycles. The first-order valence-electron chi connectivity index (χ1n) is 0. The molecule has 0 unspecified atom stereocenters.